The van der Waals surface area contributed by atoms with Gasteiger partial charge in [0.15, 0.2) is 0 Å². The van der Waals surface area contributed by atoms with Gasteiger partial charge in [-0.2, -0.15) is 4.98 Å². The minimum atomic E-state index is 0.621. The van der Waals surface area contributed by atoms with E-state index in [9.17, 15) is 0 Å². The Balaban J connectivity index is 2.13. The maximum absolute atomic E-state index is 4.59. The number of likely N-dealkylation sites (N-methyl/N-ethyl adjacent to an activating group) is 1. The Bertz CT molecular complexity index is 709. The van der Waals surface area contributed by atoms with Gasteiger partial charge in [0.2, 0.25) is 5.95 Å². The molecule has 0 aliphatic rings. The Morgan fingerprint density at radius 1 is 1.00 bits per heavy atom. The highest BCUT2D eigenvalue weighted by Gasteiger charge is 2.08. The first-order valence-corrected chi connectivity index (χ1v) is 9.29. The molecule has 1 aromatic carbocycles. The van der Waals surface area contributed by atoms with Gasteiger partial charge in [0.05, 0.1) is 0 Å². The summed E-state index contributed by atoms with van der Waals surface area (Å²) in [6, 6.07) is 8.43. The maximum Gasteiger partial charge on any atom is 0.229 e. The standard InChI is InChI=1S/C20H32N6/c1-7-26(8-2)17-9-10-18(15(3)13-17)23-20-22-16(4)14-19(24-20)21-11-12-25(5)6/h9-10,13-14H,7-8,11-12H2,1-6H3,(H2,21,22,23,24). The molecule has 0 atom stereocenters. The van der Waals surface area contributed by atoms with E-state index >= 15 is 0 Å². The number of anilines is 4. The molecule has 2 rings (SSSR count). The average Bonchev–Trinajstić information content (AvgIpc) is 2.57. The monoisotopic (exact) mass is 356 g/mol. The Kier molecular flexibility index (Phi) is 7.21. The molecule has 1 heterocycles. The van der Waals surface area contributed by atoms with Crippen LogP contribution in [-0.4, -0.2) is 55.1 Å². The Labute approximate surface area is 157 Å². The van der Waals surface area contributed by atoms with E-state index in [4.69, 9.17) is 0 Å². The van der Waals surface area contributed by atoms with Crippen LogP contribution in [0.25, 0.3) is 0 Å². The SMILES string of the molecule is CCN(CC)c1ccc(Nc2nc(C)cc(NCCN(C)C)n2)c(C)c1. The van der Waals surface area contributed by atoms with Crippen molar-refractivity contribution in [3.63, 3.8) is 0 Å². The molecule has 0 saturated carbocycles. The normalized spacial score (nSPS) is 10.9. The van der Waals surface area contributed by atoms with Crippen LogP contribution in [0.4, 0.5) is 23.1 Å². The van der Waals surface area contributed by atoms with Crippen LogP contribution in [0.1, 0.15) is 25.1 Å². The van der Waals surface area contributed by atoms with Gasteiger partial charge in [-0.3, -0.25) is 0 Å². The fraction of sp³-hybridized carbons (Fsp3) is 0.500. The number of hydrogen-bond donors (Lipinski definition) is 2. The summed E-state index contributed by atoms with van der Waals surface area (Å²) in [5.74, 6) is 1.47. The molecule has 6 nitrogen and oxygen atoms in total. The van der Waals surface area contributed by atoms with Gasteiger partial charge in [-0.1, -0.05) is 0 Å². The summed E-state index contributed by atoms with van der Waals surface area (Å²) in [5, 5.41) is 6.72. The van der Waals surface area contributed by atoms with Gasteiger partial charge in [-0.25, -0.2) is 4.98 Å². The molecular formula is C20H32N6. The fourth-order valence-electron chi connectivity index (χ4n) is 2.82. The van der Waals surface area contributed by atoms with Crippen molar-refractivity contribution in [2.24, 2.45) is 0 Å². The maximum atomic E-state index is 4.59. The van der Waals surface area contributed by atoms with Crippen molar-refractivity contribution in [1.29, 1.82) is 0 Å². The highest BCUT2D eigenvalue weighted by molar-refractivity contribution is 5.64. The van der Waals surface area contributed by atoms with Crippen molar-refractivity contribution >= 4 is 23.1 Å². The summed E-state index contributed by atoms with van der Waals surface area (Å²) in [5.41, 5.74) is 4.40. The van der Waals surface area contributed by atoms with Crippen LogP contribution in [0, 0.1) is 13.8 Å². The number of rotatable bonds is 9. The quantitative estimate of drug-likeness (QED) is 0.715. The summed E-state index contributed by atoms with van der Waals surface area (Å²) in [7, 11) is 4.12. The number of nitrogens with one attached hydrogen (secondary N) is 2. The van der Waals surface area contributed by atoms with Gasteiger partial charge in [-0.05, 0) is 65.6 Å². The molecule has 0 amide bonds. The molecular weight excluding hydrogens is 324 g/mol. The van der Waals surface area contributed by atoms with Crippen LogP contribution >= 0.6 is 0 Å². The number of aromatic nitrogens is 2. The molecule has 0 bridgehead atoms. The molecule has 0 unspecified atom stereocenters. The number of hydrogen-bond acceptors (Lipinski definition) is 6. The summed E-state index contributed by atoms with van der Waals surface area (Å²) in [6.45, 7) is 12.3. The van der Waals surface area contributed by atoms with Gasteiger partial charge < -0.3 is 20.4 Å². The van der Waals surface area contributed by atoms with E-state index in [1.807, 2.05) is 13.0 Å². The molecule has 0 spiro atoms. The molecule has 0 aliphatic heterocycles. The van der Waals surface area contributed by atoms with Gasteiger partial charge in [0.25, 0.3) is 0 Å². The molecule has 0 fully saturated rings. The van der Waals surface area contributed by atoms with E-state index in [0.29, 0.717) is 5.95 Å². The van der Waals surface area contributed by atoms with Crippen LogP contribution in [-0.2, 0) is 0 Å². The lowest BCUT2D eigenvalue weighted by molar-refractivity contribution is 0.425. The average molecular weight is 357 g/mol. The molecule has 26 heavy (non-hydrogen) atoms. The second-order valence-corrected chi connectivity index (χ2v) is 6.74. The Hall–Kier alpha value is -2.34. The van der Waals surface area contributed by atoms with Gasteiger partial charge in [0.1, 0.15) is 5.82 Å². The topological polar surface area (TPSA) is 56.3 Å². The van der Waals surface area contributed by atoms with Crippen molar-refractivity contribution in [2.75, 3.05) is 55.8 Å². The first-order chi connectivity index (χ1) is 12.4. The number of nitrogens with zero attached hydrogens (tertiary/aromatic N) is 4. The molecule has 2 N–H and O–H groups in total. The van der Waals surface area contributed by atoms with Crippen molar-refractivity contribution in [2.45, 2.75) is 27.7 Å². The first-order valence-electron chi connectivity index (χ1n) is 9.29. The predicted molar refractivity (Wildman–Crippen MR) is 112 cm³/mol. The minimum Gasteiger partial charge on any atom is -0.372 e. The van der Waals surface area contributed by atoms with Gasteiger partial charge >= 0.3 is 0 Å². The van der Waals surface area contributed by atoms with Crippen molar-refractivity contribution in [3.8, 4) is 0 Å². The number of aryl methyl sites for hydroxylation is 2. The summed E-state index contributed by atoms with van der Waals surface area (Å²) in [6.07, 6.45) is 0. The molecule has 142 valence electrons. The van der Waals surface area contributed by atoms with Crippen molar-refractivity contribution in [1.82, 2.24) is 14.9 Å². The zero-order chi connectivity index (χ0) is 19.1. The van der Waals surface area contributed by atoms with Crippen molar-refractivity contribution in [3.05, 3.63) is 35.5 Å². The largest absolute Gasteiger partial charge is 0.372 e. The molecule has 2 aromatic rings. The smallest absolute Gasteiger partial charge is 0.229 e. The zero-order valence-electron chi connectivity index (χ0n) is 16.9. The summed E-state index contributed by atoms with van der Waals surface area (Å²) < 4.78 is 0. The van der Waals surface area contributed by atoms with Crippen molar-refractivity contribution < 1.29 is 0 Å². The van der Waals surface area contributed by atoms with Crippen LogP contribution in [0.5, 0.6) is 0 Å². The van der Waals surface area contributed by atoms with Crippen LogP contribution in [0.3, 0.4) is 0 Å². The fourth-order valence-corrected chi connectivity index (χ4v) is 2.82. The van der Waals surface area contributed by atoms with E-state index in [-0.39, 0.29) is 0 Å². The van der Waals surface area contributed by atoms with E-state index in [1.54, 1.807) is 0 Å². The number of benzene rings is 1. The second-order valence-electron chi connectivity index (χ2n) is 6.74. The van der Waals surface area contributed by atoms with Crippen LogP contribution in [0.15, 0.2) is 24.3 Å². The predicted octanol–water partition coefficient (Wildman–Crippen LogP) is 3.66. The molecule has 0 saturated heterocycles. The first kappa shape index (κ1) is 20.0. The van der Waals surface area contributed by atoms with E-state index in [1.165, 1.54) is 11.3 Å². The Morgan fingerprint density at radius 2 is 1.73 bits per heavy atom. The lowest BCUT2D eigenvalue weighted by atomic mass is 10.1. The van der Waals surface area contributed by atoms with Gasteiger partial charge in [0, 0.05) is 49.3 Å². The molecule has 0 radical (unpaired) electrons. The highest BCUT2D eigenvalue weighted by atomic mass is 15.2. The van der Waals surface area contributed by atoms with E-state index < -0.39 is 0 Å². The second kappa shape index (κ2) is 9.38. The molecule has 6 heteroatoms. The van der Waals surface area contributed by atoms with Crippen LogP contribution < -0.4 is 15.5 Å². The molecule has 1 aromatic heterocycles. The highest BCUT2D eigenvalue weighted by Crippen LogP contribution is 2.25. The van der Waals surface area contributed by atoms with Gasteiger partial charge in [-0.15, -0.1) is 0 Å². The lowest BCUT2D eigenvalue weighted by Gasteiger charge is -2.22. The third kappa shape index (κ3) is 5.59. The van der Waals surface area contributed by atoms with Crippen LogP contribution in [0.2, 0.25) is 0 Å². The third-order valence-corrected chi connectivity index (χ3v) is 4.30. The minimum absolute atomic E-state index is 0.621. The third-order valence-electron chi connectivity index (χ3n) is 4.30. The lowest BCUT2D eigenvalue weighted by Crippen LogP contribution is -2.21. The zero-order valence-corrected chi connectivity index (χ0v) is 16.9. The Morgan fingerprint density at radius 3 is 2.35 bits per heavy atom. The summed E-state index contributed by atoms with van der Waals surface area (Å²) >= 11 is 0. The molecule has 0 aliphatic carbocycles. The van der Waals surface area contributed by atoms with E-state index in [0.717, 1.165) is 43.4 Å². The summed E-state index contributed by atoms with van der Waals surface area (Å²) in [4.78, 5) is 13.6. The van der Waals surface area contributed by atoms with E-state index in [2.05, 4.69) is 83.5 Å².